The van der Waals surface area contributed by atoms with Gasteiger partial charge in [0.2, 0.25) is 0 Å². The number of methoxy groups -OCH3 is 1. The molecule has 98 valence electrons. The van der Waals surface area contributed by atoms with Crippen molar-refractivity contribution in [1.29, 1.82) is 0 Å². The van der Waals surface area contributed by atoms with E-state index >= 15 is 0 Å². The molecule has 0 spiro atoms. The van der Waals surface area contributed by atoms with E-state index in [0.717, 1.165) is 5.69 Å². The largest absolute Gasteiger partial charge is 0.453 e. The molecule has 1 amide bonds. The second kappa shape index (κ2) is 6.23. The Morgan fingerprint density at radius 2 is 2.11 bits per heavy atom. The molecule has 5 nitrogen and oxygen atoms in total. The summed E-state index contributed by atoms with van der Waals surface area (Å²) in [5.74, 6) is 0.496. The summed E-state index contributed by atoms with van der Waals surface area (Å²) < 4.78 is 4.50. The van der Waals surface area contributed by atoms with Gasteiger partial charge < -0.3 is 10.1 Å². The number of ether oxygens (including phenoxy) is 1. The molecule has 18 heavy (non-hydrogen) atoms. The van der Waals surface area contributed by atoms with Crippen molar-refractivity contribution in [1.82, 2.24) is 4.98 Å². The third-order valence-electron chi connectivity index (χ3n) is 3.15. The molecule has 0 atom stereocenters. The van der Waals surface area contributed by atoms with Crippen LogP contribution < -0.4 is 10.6 Å². The molecular formula is C13H19N3O2. The molecule has 1 heterocycles. The molecular weight excluding hydrogens is 230 g/mol. The fourth-order valence-corrected chi connectivity index (χ4v) is 2.19. The molecule has 1 aliphatic rings. The number of amides is 1. The number of nitrogens with zero attached hydrogens (tertiary/aromatic N) is 1. The molecule has 0 aromatic carbocycles. The minimum absolute atomic E-state index is 0.496. The number of anilines is 2. The van der Waals surface area contributed by atoms with Crippen molar-refractivity contribution in [3.63, 3.8) is 0 Å². The first-order valence-electron chi connectivity index (χ1n) is 6.35. The quantitative estimate of drug-likeness (QED) is 0.864. The summed E-state index contributed by atoms with van der Waals surface area (Å²) in [6, 6.07) is 4.24. The molecule has 0 aliphatic heterocycles. The Kier molecular flexibility index (Phi) is 4.39. The van der Waals surface area contributed by atoms with Crippen LogP contribution in [-0.4, -0.2) is 24.2 Å². The van der Waals surface area contributed by atoms with Crippen LogP contribution in [0.3, 0.4) is 0 Å². The lowest BCUT2D eigenvalue weighted by atomic mass is 9.95. The zero-order valence-corrected chi connectivity index (χ0v) is 10.6. The summed E-state index contributed by atoms with van der Waals surface area (Å²) in [6.45, 7) is 0. The number of aromatic nitrogens is 1. The van der Waals surface area contributed by atoms with E-state index in [4.69, 9.17) is 0 Å². The molecule has 1 aliphatic carbocycles. The van der Waals surface area contributed by atoms with Gasteiger partial charge in [0.1, 0.15) is 5.82 Å². The molecule has 1 aromatic rings. The highest BCUT2D eigenvalue weighted by molar-refractivity contribution is 5.83. The number of hydrogen-bond donors (Lipinski definition) is 2. The molecule has 1 aromatic heterocycles. The molecule has 2 rings (SSSR count). The summed E-state index contributed by atoms with van der Waals surface area (Å²) in [4.78, 5) is 15.2. The van der Waals surface area contributed by atoms with Crippen LogP contribution in [0.4, 0.5) is 16.3 Å². The minimum Gasteiger partial charge on any atom is -0.453 e. The van der Waals surface area contributed by atoms with Gasteiger partial charge in [0, 0.05) is 6.04 Å². The lowest BCUT2D eigenvalue weighted by Crippen LogP contribution is -2.22. The van der Waals surface area contributed by atoms with Crippen molar-refractivity contribution in [3.8, 4) is 0 Å². The molecule has 5 heteroatoms. The first-order valence-corrected chi connectivity index (χ1v) is 6.35. The van der Waals surface area contributed by atoms with Crippen molar-refractivity contribution in [3.05, 3.63) is 18.3 Å². The topological polar surface area (TPSA) is 63.2 Å². The van der Waals surface area contributed by atoms with Crippen LogP contribution in [0.1, 0.15) is 32.1 Å². The third kappa shape index (κ3) is 3.61. The zero-order valence-electron chi connectivity index (χ0n) is 10.6. The van der Waals surface area contributed by atoms with Crippen molar-refractivity contribution < 1.29 is 9.53 Å². The summed E-state index contributed by atoms with van der Waals surface area (Å²) >= 11 is 0. The van der Waals surface area contributed by atoms with Gasteiger partial charge in [-0.1, -0.05) is 19.3 Å². The normalized spacial score (nSPS) is 16.1. The Bertz CT molecular complexity index is 386. The Morgan fingerprint density at radius 1 is 1.33 bits per heavy atom. The number of carbonyl (C=O) groups excluding carboxylic acids is 1. The number of pyridine rings is 1. The molecule has 1 saturated carbocycles. The molecule has 1 fully saturated rings. The first kappa shape index (κ1) is 12.7. The van der Waals surface area contributed by atoms with Crippen LogP contribution in [-0.2, 0) is 4.74 Å². The predicted octanol–water partition coefficient (Wildman–Crippen LogP) is 3.00. The molecule has 0 saturated heterocycles. The van der Waals surface area contributed by atoms with Crippen LogP contribution in [0.2, 0.25) is 0 Å². The highest BCUT2D eigenvalue weighted by Crippen LogP contribution is 2.21. The van der Waals surface area contributed by atoms with Crippen LogP contribution >= 0.6 is 0 Å². The van der Waals surface area contributed by atoms with Crippen molar-refractivity contribution in [2.24, 2.45) is 0 Å². The number of nitrogens with one attached hydrogen (secondary N) is 2. The summed E-state index contributed by atoms with van der Waals surface area (Å²) in [5, 5.41) is 5.99. The Labute approximate surface area is 107 Å². The third-order valence-corrected chi connectivity index (χ3v) is 3.15. The smallest absolute Gasteiger partial charge is 0.412 e. The Balaban J connectivity index is 1.88. The number of rotatable bonds is 3. The first-order chi connectivity index (χ1) is 8.78. The van der Waals surface area contributed by atoms with E-state index in [9.17, 15) is 4.79 Å². The van der Waals surface area contributed by atoms with E-state index in [-0.39, 0.29) is 0 Å². The van der Waals surface area contributed by atoms with E-state index < -0.39 is 6.09 Å². The van der Waals surface area contributed by atoms with E-state index in [1.54, 1.807) is 12.3 Å². The van der Waals surface area contributed by atoms with Gasteiger partial charge in [-0.15, -0.1) is 0 Å². The van der Waals surface area contributed by atoms with Gasteiger partial charge in [0.15, 0.2) is 0 Å². The Hall–Kier alpha value is -1.78. The molecule has 2 N–H and O–H groups in total. The van der Waals surface area contributed by atoms with Gasteiger partial charge in [-0.25, -0.2) is 9.78 Å². The molecule has 0 radical (unpaired) electrons. The summed E-state index contributed by atoms with van der Waals surface area (Å²) in [5.41, 5.74) is 0.998. The van der Waals surface area contributed by atoms with Gasteiger partial charge in [-0.3, -0.25) is 5.32 Å². The van der Waals surface area contributed by atoms with Crippen molar-refractivity contribution in [2.45, 2.75) is 38.1 Å². The minimum atomic E-state index is -0.504. The summed E-state index contributed by atoms with van der Waals surface area (Å²) in [7, 11) is 1.33. The average Bonchev–Trinajstić information content (AvgIpc) is 2.42. The SMILES string of the molecule is COC(=O)Nc1ccc(NC2CCCCC2)cn1. The fourth-order valence-electron chi connectivity index (χ4n) is 2.19. The number of hydrogen-bond acceptors (Lipinski definition) is 4. The fraction of sp³-hybridized carbons (Fsp3) is 0.538. The van der Waals surface area contributed by atoms with Gasteiger partial charge in [0.25, 0.3) is 0 Å². The van der Waals surface area contributed by atoms with E-state index in [2.05, 4.69) is 20.4 Å². The standard InChI is InChI=1S/C13H19N3O2/c1-18-13(17)16-12-8-7-11(9-14-12)15-10-5-3-2-4-6-10/h7-10,15H,2-6H2,1H3,(H,14,16,17). The van der Waals surface area contributed by atoms with Gasteiger partial charge in [0.05, 0.1) is 19.0 Å². The Morgan fingerprint density at radius 3 is 2.72 bits per heavy atom. The molecule has 0 bridgehead atoms. The van der Waals surface area contributed by atoms with Gasteiger partial charge >= 0.3 is 6.09 Å². The van der Waals surface area contributed by atoms with Crippen LogP contribution in [0.5, 0.6) is 0 Å². The highest BCUT2D eigenvalue weighted by Gasteiger charge is 2.12. The average molecular weight is 249 g/mol. The second-order valence-electron chi connectivity index (χ2n) is 4.53. The predicted molar refractivity (Wildman–Crippen MR) is 70.8 cm³/mol. The van der Waals surface area contributed by atoms with E-state index in [1.165, 1.54) is 39.2 Å². The lowest BCUT2D eigenvalue weighted by Gasteiger charge is -2.23. The maximum Gasteiger partial charge on any atom is 0.412 e. The maximum atomic E-state index is 11.0. The highest BCUT2D eigenvalue weighted by atomic mass is 16.5. The van der Waals surface area contributed by atoms with E-state index in [0.29, 0.717) is 11.9 Å². The zero-order chi connectivity index (χ0) is 12.8. The van der Waals surface area contributed by atoms with Crippen LogP contribution in [0.15, 0.2) is 18.3 Å². The van der Waals surface area contributed by atoms with Crippen LogP contribution in [0, 0.1) is 0 Å². The lowest BCUT2D eigenvalue weighted by molar-refractivity contribution is 0.187. The van der Waals surface area contributed by atoms with Crippen molar-refractivity contribution in [2.75, 3.05) is 17.7 Å². The van der Waals surface area contributed by atoms with Gasteiger partial charge in [-0.05, 0) is 25.0 Å². The second-order valence-corrected chi connectivity index (χ2v) is 4.53. The van der Waals surface area contributed by atoms with Gasteiger partial charge in [-0.2, -0.15) is 0 Å². The molecule has 0 unspecified atom stereocenters. The monoisotopic (exact) mass is 249 g/mol. The van der Waals surface area contributed by atoms with E-state index in [1.807, 2.05) is 6.07 Å². The maximum absolute atomic E-state index is 11.0. The summed E-state index contributed by atoms with van der Waals surface area (Å²) in [6.07, 6.45) is 7.62. The number of carbonyl (C=O) groups is 1. The van der Waals surface area contributed by atoms with Crippen LogP contribution in [0.25, 0.3) is 0 Å². The van der Waals surface area contributed by atoms with Crippen molar-refractivity contribution >= 4 is 17.6 Å².